The molecule has 1 aromatic rings. The van der Waals surface area contributed by atoms with Crippen LogP contribution in [0.25, 0.3) is 0 Å². The fourth-order valence-corrected chi connectivity index (χ4v) is 1.73. The Hall–Kier alpha value is -1.22. The summed E-state index contributed by atoms with van der Waals surface area (Å²) < 4.78 is 0. The average molecular weight is 193 g/mol. The van der Waals surface area contributed by atoms with Crippen LogP contribution in [-0.2, 0) is 6.42 Å². The Morgan fingerprint density at radius 2 is 2.07 bits per heavy atom. The first kappa shape index (κ1) is 9.34. The number of nitrogens with one attached hydrogen (secondary N) is 1. The molecule has 3 N–H and O–H groups in total. The lowest BCUT2D eigenvalue weighted by atomic mass is 10.0. The van der Waals surface area contributed by atoms with Gasteiger partial charge in [-0.05, 0) is 37.9 Å². The SMILES string of the molecule is CNC1(Cc2ccc(O)cc2O)CC1. The molecule has 0 spiro atoms. The van der Waals surface area contributed by atoms with Crippen molar-refractivity contribution in [3.63, 3.8) is 0 Å². The zero-order valence-electron chi connectivity index (χ0n) is 8.25. The van der Waals surface area contributed by atoms with Crippen LogP contribution in [0.1, 0.15) is 18.4 Å². The van der Waals surface area contributed by atoms with Gasteiger partial charge in [-0.1, -0.05) is 6.07 Å². The Kier molecular flexibility index (Phi) is 2.11. The summed E-state index contributed by atoms with van der Waals surface area (Å²) in [5.41, 5.74) is 1.09. The van der Waals surface area contributed by atoms with Crippen molar-refractivity contribution in [2.45, 2.75) is 24.8 Å². The first-order valence-electron chi connectivity index (χ1n) is 4.85. The highest BCUT2D eigenvalue weighted by molar-refractivity contribution is 5.40. The van der Waals surface area contributed by atoms with Gasteiger partial charge in [0.25, 0.3) is 0 Å². The fourth-order valence-electron chi connectivity index (χ4n) is 1.73. The van der Waals surface area contributed by atoms with E-state index < -0.39 is 0 Å². The number of phenolic OH excluding ortho intramolecular Hbond substituents is 2. The smallest absolute Gasteiger partial charge is 0.122 e. The van der Waals surface area contributed by atoms with E-state index in [9.17, 15) is 5.11 Å². The second-order valence-corrected chi connectivity index (χ2v) is 4.02. The van der Waals surface area contributed by atoms with Gasteiger partial charge in [-0.15, -0.1) is 0 Å². The number of rotatable bonds is 3. The van der Waals surface area contributed by atoms with Crippen LogP contribution in [0.15, 0.2) is 18.2 Å². The maximum absolute atomic E-state index is 9.59. The van der Waals surface area contributed by atoms with Crippen LogP contribution in [0.5, 0.6) is 11.5 Å². The van der Waals surface area contributed by atoms with E-state index in [1.54, 1.807) is 12.1 Å². The van der Waals surface area contributed by atoms with Gasteiger partial charge in [0.2, 0.25) is 0 Å². The summed E-state index contributed by atoms with van der Waals surface area (Å²) in [6.07, 6.45) is 3.14. The predicted molar refractivity (Wildman–Crippen MR) is 54.5 cm³/mol. The highest BCUT2D eigenvalue weighted by Crippen LogP contribution is 2.40. The van der Waals surface area contributed by atoms with Crippen molar-refractivity contribution in [2.24, 2.45) is 0 Å². The van der Waals surface area contributed by atoms with Gasteiger partial charge in [-0.3, -0.25) is 0 Å². The van der Waals surface area contributed by atoms with E-state index in [-0.39, 0.29) is 17.0 Å². The summed E-state index contributed by atoms with van der Waals surface area (Å²) in [7, 11) is 1.95. The molecule has 1 aromatic carbocycles. The number of hydrogen-bond acceptors (Lipinski definition) is 3. The van der Waals surface area contributed by atoms with Crippen LogP contribution in [0.3, 0.4) is 0 Å². The van der Waals surface area contributed by atoms with E-state index >= 15 is 0 Å². The molecule has 14 heavy (non-hydrogen) atoms. The fraction of sp³-hybridized carbons (Fsp3) is 0.455. The summed E-state index contributed by atoms with van der Waals surface area (Å²) in [6, 6.07) is 4.78. The average Bonchev–Trinajstić information content (AvgIpc) is 2.91. The summed E-state index contributed by atoms with van der Waals surface area (Å²) in [5, 5.41) is 22.0. The van der Waals surface area contributed by atoms with E-state index in [4.69, 9.17) is 5.11 Å². The molecule has 0 heterocycles. The van der Waals surface area contributed by atoms with E-state index in [1.807, 2.05) is 7.05 Å². The Bertz CT molecular complexity index is 345. The van der Waals surface area contributed by atoms with Gasteiger partial charge >= 0.3 is 0 Å². The molecule has 1 fully saturated rings. The number of hydrogen-bond donors (Lipinski definition) is 3. The molecule has 0 atom stereocenters. The molecule has 1 aliphatic rings. The molecule has 0 bridgehead atoms. The Balaban J connectivity index is 2.17. The van der Waals surface area contributed by atoms with Gasteiger partial charge in [0.15, 0.2) is 0 Å². The van der Waals surface area contributed by atoms with Crippen LogP contribution in [0.4, 0.5) is 0 Å². The van der Waals surface area contributed by atoms with E-state index in [2.05, 4.69) is 5.32 Å². The quantitative estimate of drug-likeness (QED) is 0.680. The molecule has 3 nitrogen and oxygen atoms in total. The van der Waals surface area contributed by atoms with Gasteiger partial charge in [-0.2, -0.15) is 0 Å². The van der Waals surface area contributed by atoms with Crippen molar-refractivity contribution in [1.29, 1.82) is 0 Å². The normalized spacial score (nSPS) is 18.1. The van der Waals surface area contributed by atoms with Crippen molar-refractivity contribution >= 4 is 0 Å². The van der Waals surface area contributed by atoms with Gasteiger partial charge in [-0.25, -0.2) is 0 Å². The minimum atomic E-state index is 0.112. The number of benzene rings is 1. The highest BCUT2D eigenvalue weighted by Gasteiger charge is 2.41. The third kappa shape index (κ3) is 1.68. The van der Waals surface area contributed by atoms with Crippen molar-refractivity contribution in [3.8, 4) is 11.5 Å². The summed E-state index contributed by atoms with van der Waals surface area (Å²) in [4.78, 5) is 0. The van der Waals surface area contributed by atoms with Gasteiger partial charge in [0.05, 0.1) is 0 Å². The van der Waals surface area contributed by atoms with Crippen molar-refractivity contribution in [1.82, 2.24) is 5.32 Å². The zero-order valence-corrected chi connectivity index (χ0v) is 8.25. The van der Waals surface area contributed by atoms with E-state index in [0.29, 0.717) is 0 Å². The van der Waals surface area contributed by atoms with Gasteiger partial charge in [0, 0.05) is 11.6 Å². The third-order valence-corrected chi connectivity index (χ3v) is 2.98. The van der Waals surface area contributed by atoms with Crippen LogP contribution < -0.4 is 5.32 Å². The number of likely N-dealkylation sites (N-methyl/N-ethyl adjacent to an activating group) is 1. The van der Waals surface area contributed by atoms with Gasteiger partial charge in [0.1, 0.15) is 11.5 Å². The van der Waals surface area contributed by atoms with Crippen LogP contribution >= 0.6 is 0 Å². The first-order chi connectivity index (χ1) is 6.65. The Labute approximate surface area is 83.4 Å². The van der Waals surface area contributed by atoms with Crippen molar-refractivity contribution in [3.05, 3.63) is 23.8 Å². The first-order valence-corrected chi connectivity index (χ1v) is 4.85. The second kappa shape index (κ2) is 3.17. The number of aromatic hydroxyl groups is 2. The molecule has 3 heteroatoms. The summed E-state index contributed by atoms with van der Waals surface area (Å²) in [6.45, 7) is 0. The van der Waals surface area contributed by atoms with E-state index in [0.717, 1.165) is 24.8 Å². The lowest BCUT2D eigenvalue weighted by molar-refractivity contribution is 0.439. The van der Waals surface area contributed by atoms with Crippen LogP contribution in [-0.4, -0.2) is 22.8 Å². The molecule has 0 radical (unpaired) electrons. The van der Waals surface area contributed by atoms with Crippen molar-refractivity contribution in [2.75, 3.05) is 7.05 Å². The van der Waals surface area contributed by atoms with Crippen molar-refractivity contribution < 1.29 is 10.2 Å². The largest absolute Gasteiger partial charge is 0.508 e. The Morgan fingerprint density at radius 3 is 2.57 bits per heavy atom. The molecule has 0 aliphatic heterocycles. The molecule has 0 amide bonds. The maximum atomic E-state index is 9.59. The minimum Gasteiger partial charge on any atom is -0.508 e. The van der Waals surface area contributed by atoms with Gasteiger partial charge < -0.3 is 15.5 Å². The van der Waals surface area contributed by atoms with Crippen LogP contribution in [0, 0.1) is 0 Å². The van der Waals surface area contributed by atoms with Crippen LogP contribution in [0.2, 0.25) is 0 Å². The maximum Gasteiger partial charge on any atom is 0.122 e. The molecule has 0 saturated heterocycles. The second-order valence-electron chi connectivity index (χ2n) is 4.02. The molecule has 2 rings (SSSR count). The molecule has 0 aromatic heterocycles. The molecule has 76 valence electrons. The molecule has 1 aliphatic carbocycles. The predicted octanol–water partition coefficient (Wildman–Crippen LogP) is 1.39. The Morgan fingerprint density at radius 1 is 1.36 bits per heavy atom. The molecule has 1 saturated carbocycles. The topological polar surface area (TPSA) is 52.5 Å². The zero-order chi connectivity index (χ0) is 10.2. The monoisotopic (exact) mass is 193 g/mol. The lowest BCUT2D eigenvalue weighted by Gasteiger charge is -2.14. The highest BCUT2D eigenvalue weighted by atomic mass is 16.3. The van der Waals surface area contributed by atoms with E-state index in [1.165, 1.54) is 6.07 Å². The molecule has 0 unspecified atom stereocenters. The third-order valence-electron chi connectivity index (χ3n) is 2.98. The minimum absolute atomic E-state index is 0.112. The number of phenols is 2. The summed E-state index contributed by atoms with van der Waals surface area (Å²) in [5.74, 6) is 0.298. The molecular weight excluding hydrogens is 178 g/mol. The summed E-state index contributed by atoms with van der Waals surface area (Å²) >= 11 is 0. The molecular formula is C11H15NO2. The standard InChI is InChI=1S/C11H15NO2/c1-12-11(4-5-11)7-8-2-3-9(13)6-10(8)14/h2-3,6,12-14H,4-5,7H2,1H3. The lowest BCUT2D eigenvalue weighted by Crippen LogP contribution is -2.29.